The fourth-order valence-electron chi connectivity index (χ4n) is 2.72. The molecule has 1 aromatic heterocycles. The molecule has 0 bridgehead atoms. The van der Waals surface area contributed by atoms with Crippen LogP contribution in [0.25, 0.3) is 5.69 Å². The van der Waals surface area contributed by atoms with Crippen LogP contribution in [0.2, 0.25) is 0 Å². The van der Waals surface area contributed by atoms with Crippen molar-refractivity contribution in [2.75, 3.05) is 19.3 Å². The van der Waals surface area contributed by atoms with Gasteiger partial charge >= 0.3 is 0 Å². The van der Waals surface area contributed by atoms with Crippen molar-refractivity contribution in [3.8, 4) is 17.5 Å². The van der Waals surface area contributed by atoms with E-state index in [2.05, 4.69) is 10.4 Å². The molecule has 8 nitrogen and oxygen atoms in total. The van der Waals surface area contributed by atoms with Crippen LogP contribution in [-0.4, -0.2) is 43.6 Å². The molecule has 2 heterocycles. The van der Waals surface area contributed by atoms with Gasteiger partial charge < -0.3 is 10.1 Å². The molecule has 0 spiro atoms. The monoisotopic (exact) mass is 374 g/mol. The van der Waals surface area contributed by atoms with Crippen LogP contribution in [0, 0.1) is 11.3 Å². The maximum atomic E-state index is 12.4. The molecule has 0 amide bonds. The van der Waals surface area contributed by atoms with Crippen molar-refractivity contribution >= 4 is 9.84 Å². The summed E-state index contributed by atoms with van der Waals surface area (Å²) >= 11 is 0. The van der Waals surface area contributed by atoms with Crippen LogP contribution in [0.15, 0.2) is 40.0 Å². The van der Waals surface area contributed by atoms with Gasteiger partial charge in [-0.3, -0.25) is 4.79 Å². The number of hydrogen-bond acceptors (Lipinski definition) is 7. The fraction of sp³-hybridized carbons (Fsp3) is 0.353. The Labute approximate surface area is 150 Å². The van der Waals surface area contributed by atoms with Gasteiger partial charge in [-0.1, -0.05) is 0 Å². The van der Waals surface area contributed by atoms with E-state index in [-0.39, 0.29) is 22.4 Å². The molecule has 0 saturated carbocycles. The number of benzene rings is 1. The largest absolute Gasteiger partial charge is 0.487 e. The predicted molar refractivity (Wildman–Crippen MR) is 94.2 cm³/mol. The zero-order chi connectivity index (χ0) is 18.7. The molecule has 0 atom stereocenters. The normalized spacial score (nSPS) is 15.4. The minimum absolute atomic E-state index is 0.00956. The molecule has 1 fully saturated rings. The first-order valence-electron chi connectivity index (χ1n) is 8.11. The molecule has 1 aliphatic rings. The molecule has 0 radical (unpaired) electrons. The third kappa shape index (κ3) is 3.92. The van der Waals surface area contributed by atoms with Gasteiger partial charge in [0.1, 0.15) is 12.2 Å². The third-order valence-corrected chi connectivity index (χ3v) is 5.22. The third-order valence-electron chi connectivity index (χ3n) is 4.09. The smallest absolute Gasteiger partial charge is 0.275 e. The molecule has 0 unspecified atom stereocenters. The Morgan fingerprint density at radius 3 is 2.50 bits per heavy atom. The summed E-state index contributed by atoms with van der Waals surface area (Å²) in [5, 5.41) is 16.6. The summed E-state index contributed by atoms with van der Waals surface area (Å²) in [4.78, 5) is 12.6. The van der Waals surface area contributed by atoms with Crippen LogP contribution < -0.4 is 15.6 Å². The number of hydrogen-bond donors (Lipinski definition) is 1. The molecular formula is C17H18N4O4S. The summed E-state index contributed by atoms with van der Waals surface area (Å²) in [5.74, 6) is 0.174. The van der Waals surface area contributed by atoms with E-state index < -0.39 is 15.4 Å². The zero-order valence-corrected chi connectivity index (χ0v) is 15.0. The van der Waals surface area contributed by atoms with E-state index in [1.165, 1.54) is 30.3 Å². The predicted octanol–water partition coefficient (Wildman–Crippen LogP) is 0.638. The minimum atomic E-state index is -3.33. The van der Waals surface area contributed by atoms with E-state index in [0.717, 1.165) is 36.9 Å². The second kappa shape index (κ2) is 7.27. The average Bonchev–Trinajstić information content (AvgIpc) is 2.62. The number of piperidine rings is 1. The van der Waals surface area contributed by atoms with Crippen molar-refractivity contribution in [3.63, 3.8) is 0 Å². The molecule has 1 N–H and O–H groups in total. The van der Waals surface area contributed by atoms with Gasteiger partial charge in [0, 0.05) is 6.26 Å². The standard InChI is InChI=1S/C17H18N4O4S/c1-26(23,24)14-4-2-12(3-5-14)21-17(22)10-16(15(11-18)20-21)25-13-6-8-19-9-7-13/h2-5,10,13,19H,6-9H2,1H3. The van der Waals surface area contributed by atoms with E-state index >= 15 is 0 Å². The number of nitriles is 1. The van der Waals surface area contributed by atoms with Crippen molar-refractivity contribution in [1.29, 1.82) is 5.26 Å². The number of ether oxygens (including phenoxy) is 1. The van der Waals surface area contributed by atoms with Crippen molar-refractivity contribution < 1.29 is 13.2 Å². The van der Waals surface area contributed by atoms with E-state index in [1.807, 2.05) is 6.07 Å². The Kier molecular flexibility index (Phi) is 5.06. The van der Waals surface area contributed by atoms with Crippen LogP contribution >= 0.6 is 0 Å². The van der Waals surface area contributed by atoms with Crippen molar-refractivity contribution in [2.24, 2.45) is 0 Å². The van der Waals surface area contributed by atoms with Gasteiger partial charge in [-0.2, -0.15) is 9.94 Å². The number of nitrogens with zero attached hydrogens (tertiary/aromatic N) is 3. The first-order valence-corrected chi connectivity index (χ1v) is 10.00. The highest BCUT2D eigenvalue weighted by Gasteiger charge is 2.19. The lowest BCUT2D eigenvalue weighted by atomic mass is 10.1. The Hall–Kier alpha value is -2.70. The molecule has 0 aliphatic carbocycles. The van der Waals surface area contributed by atoms with Gasteiger partial charge in [-0.15, -0.1) is 5.10 Å². The molecule has 9 heteroatoms. The van der Waals surface area contributed by atoms with Gasteiger partial charge in [0.25, 0.3) is 5.56 Å². The Balaban J connectivity index is 1.94. The summed E-state index contributed by atoms with van der Waals surface area (Å²) in [6, 6.07) is 8.93. The van der Waals surface area contributed by atoms with Crippen molar-refractivity contribution in [2.45, 2.75) is 23.8 Å². The number of aromatic nitrogens is 2. The highest BCUT2D eigenvalue weighted by Crippen LogP contribution is 2.19. The maximum absolute atomic E-state index is 12.4. The molecule has 1 aliphatic heterocycles. The van der Waals surface area contributed by atoms with Crippen LogP contribution in [0.1, 0.15) is 18.5 Å². The van der Waals surface area contributed by atoms with E-state index in [0.29, 0.717) is 5.69 Å². The van der Waals surface area contributed by atoms with Crippen LogP contribution in [0.5, 0.6) is 5.75 Å². The summed E-state index contributed by atoms with van der Waals surface area (Å²) in [6.45, 7) is 1.65. The lowest BCUT2D eigenvalue weighted by Gasteiger charge is -2.24. The summed E-state index contributed by atoms with van der Waals surface area (Å²) < 4.78 is 29.9. The van der Waals surface area contributed by atoms with Gasteiger partial charge in [0.05, 0.1) is 16.6 Å². The van der Waals surface area contributed by atoms with Gasteiger partial charge in [-0.05, 0) is 50.2 Å². The number of sulfone groups is 1. The maximum Gasteiger partial charge on any atom is 0.275 e. The first kappa shape index (κ1) is 18.1. The van der Waals surface area contributed by atoms with Gasteiger partial charge in [0.15, 0.2) is 15.6 Å². The summed E-state index contributed by atoms with van der Waals surface area (Å²) in [6.07, 6.45) is 2.63. The van der Waals surface area contributed by atoms with Crippen molar-refractivity contribution in [3.05, 3.63) is 46.4 Å². The Morgan fingerprint density at radius 1 is 1.27 bits per heavy atom. The highest BCUT2D eigenvalue weighted by molar-refractivity contribution is 7.90. The van der Waals surface area contributed by atoms with Gasteiger partial charge in [0.2, 0.25) is 5.69 Å². The highest BCUT2D eigenvalue weighted by atomic mass is 32.2. The molecule has 2 aromatic rings. The summed E-state index contributed by atoms with van der Waals surface area (Å²) in [7, 11) is -3.33. The number of rotatable bonds is 4. The quantitative estimate of drug-likeness (QED) is 0.835. The Bertz CT molecular complexity index is 1000. The molecule has 3 rings (SSSR count). The van der Waals surface area contributed by atoms with Crippen molar-refractivity contribution in [1.82, 2.24) is 15.1 Å². The lowest BCUT2D eigenvalue weighted by molar-refractivity contribution is 0.160. The van der Waals surface area contributed by atoms with E-state index in [4.69, 9.17) is 4.74 Å². The second-order valence-electron chi connectivity index (χ2n) is 6.05. The van der Waals surface area contributed by atoms with Gasteiger partial charge in [-0.25, -0.2) is 8.42 Å². The molecule has 1 aromatic carbocycles. The molecule has 136 valence electrons. The average molecular weight is 374 g/mol. The molecule has 26 heavy (non-hydrogen) atoms. The van der Waals surface area contributed by atoms with Crippen LogP contribution in [0.3, 0.4) is 0 Å². The van der Waals surface area contributed by atoms with Crippen LogP contribution in [0.4, 0.5) is 0 Å². The van der Waals surface area contributed by atoms with Crippen LogP contribution in [-0.2, 0) is 9.84 Å². The molecular weight excluding hydrogens is 356 g/mol. The SMILES string of the molecule is CS(=O)(=O)c1ccc(-n2nc(C#N)c(OC3CCNCC3)cc2=O)cc1. The fourth-order valence-corrected chi connectivity index (χ4v) is 3.35. The van der Waals surface area contributed by atoms with E-state index in [1.54, 1.807) is 0 Å². The molecule has 1 saturated heterocycles. The minimum Gasteiger partial charge on any atom is -0.487 e. The second-order valence-corrected chi connectivity index (χ2v) is 8.07. The Morgan fingerprint density at radius 2 is 1.92 bits per heavy atom. The topological polar surface area (TPSA) is 114 Å². The zero-order valence-electron chi connectivity index (χ0n) is 14.2. The van der Waals surface area contributed by atoms with E-state index in [9.17, 15) is 18.5 Å². The lowest BCUT2D eigenvalue weighted by Crippen LogP contribution is -2.34. The summed E-state index contributed by atoms with van der Waals surface area (Å²) in [5.41, 5.74) is -0.0809. The number of nitrogens with one attached hydrogen (secondary N) is 1. The first-order chi connectivity index (χ1) is 12.4.